The molecule has 43 heavy (non-hydrogen) atoms. The maximum Gasteiger partial charge on any atom is 0.417 e. The second-order valence-corrected chi connectivity index (χ2v) is 10.8. The predicted molar refractivity (Wildman–Crippen MR) is 154 cm³/mol. The highest BCUT2D eigenvalue weighted by Crippen LogP contribution is 2.41. The smallest absolute Gasteiger partial charge is 0.369 e. The average molecular weight is 588 g/mol. The van der Waals surface area contributed by atoms with Crippen molar-refractivity contribution in [1.82, 2.24) is 24.3 Å². The number of amides is 2. The monoisotopic (exact) mass is 587 g/mol. The number of benzene rings is 1. The van der Waals surface area contributed by atoms with Gasteiger partial charge in [-0.25, -0.2) is 15.0 Å². The van der Waals surface area contributed by atoms with Gasteiger partial charge in [-0.2, -0.15) is 13.2 Å². The van der Waals surface area contributed by atoms with E-state index >= 15 is 0 Å². The molecule has 0 radical (unpaired) electrons. The summed E-state index contributed by atoms with van der Waals surface area (Å²) in [5.41, 5.74) is 6.84. The van der Waals surface area contributed by atoms with Crippen LogP contribution in [-0.4, -0.2) is 49.2 Å². The Balaban J connectivity index is 1.38. The van der Waals surface area contributed by atoms with E-state index in [4.69, 9.17) is 10.7 Å². The number of halogens is 3. The summed E-state index contributed by atoms with van der Waals surface area (Å²) in [6.07, 6.45) is 1.72. The van der Waals surface area contributed by atoms with E-state index in [9.17, 15) is 22.8 Å². The Bertz CT molecular complexity index is 1800. The largest absolute Gasteiger partial charge is 0.417 e. The lowest BCUT2D eigenvalue weighted by molar-refractivity contribution is -0.137. The number of likely N-dealkylation sites (tertiary alicyclic amines) is 1. The second kappa shape index (κ2) is 11.1. The summed E-state index contributed by atoms with van der Waals surface area (Å²) < 4.78 is 44.7. The Morgan fingerprint density at radius 2 is 1.84 bits per heavy atom. The summed E-state index contributed by atoms with van der Waals surface area (Å²) >= 11 is 0. The van der Waals surface area contributed by atoms with Crippen molar-refractivity contribution in [1.29, 1.82) is 0 Å². The summed E-state index contributed by atoms with van der Waals surface area (Å²) in [5.74, 6) is 4.58. The van der Waals surface area contributed by atoms with Crippen LogP contribution in [0.1, 0.15) is 71.6 Å². The Hall–Kier alpha value is -4.92. The molecule has 3 N–H and O–H groups in total. The van der Waals surface area contributed by atoms with E-state index < -0.39 is 23.2 Å². The van der Waals surface area contributed by atoms with Crippen LogP contribution in [0.4, 0.5) is 24.9 Å². The quantitative estimate of drug-likeness (QED) is 0.308. The van der Waals surface area contributed by atoms with Crippen LogP contribution >= 0.6 is 0 Å². The topological polar surface area (TPSA) is 119 Å². The molecule has 1 aliphatic heterocycles. The Kier molecular flexibility index (Phi) is 7.25. The van der Waals surface area contributed by atoms with Gasteiger partial charge in [0, 0.05) is 37.0 Å². The lowest BCUT2D eigenvalue weighted by Gasteiger charge is -2.30. The van der Waals surface area contributed by atoms with Gasteiger partial charge in [-0.05, 0) is 80.3 Å². The fourth-order valence-electron chi connectivity index (χ4n) is 5.63. The molecule has 2 fully saturated rings. The maximum absolute atomic E-state index is 14.4. The first-order valence-corrected chi connectivity index (χ1v) is 14.0. The van der Waals surface area contributed by atoms with Crippen LogP contribution in [0.15, 0.2) is 48.8 Å². The molecule has 220 valence electrons. The number of hydrogen-bond acceptors (Lipinski definition) is 6. The van der Waals surface area contributed by atoms with Gasteiger partial charge >= 0.3 is 6.18 Å². The van der Waals surface area contributed by atoms with Gasteiger partial charge in [0.2, 0.25) is 5.95 Å². The number of nitrogens with two attached hydrogens (primary N) is 1. The number of pyridine rings is 1. The average Bonchev–Trinajstić information content (AvgIpc) is 3.77. The van der Waals surface area contributed by atoms with Crippen molar-refractivity contribution in [2.45, 2.75) is 50.6 Å². The zero-order valence-corrected chi connectivity index (χ0v) is 23.3. The number of anilines is 2. The molecule has 2 amide bonds. The molecule has 3 aromatic heterocycles. The maximum atomic E-state index is 14.4. The number of carbonyl (C=O) groups excluding carboxylic acids is 2. The van der Waals surface area contributed by atoms with Gasteiger partial charge in [0.05, 0.1) is 22.3 Å². The highest BCUT2D eigenvalue weighted by atomic mass is 19.4. The van der Waals surface area contributed by atoms with Crippen LogP contribution in [-0.2, 0) is 11.0 Å². The van der Waals surface area contributed by atoms with Crippen molar-refractivity contribution in [3.05, 3.63) is 71.2 Å². The van der Waals surface area contributed by atoms with Crippen molar-refractivity contribution in [3.8, 4) is 23.2 Å². The van der Waals surface area contributed by atoms with Crippen molar-refractivity contribution in [3.63, 3.8) is 0 Å². The number of aromatic nitrogens is 4. The molecule has 1 saturated carbocycles. The zero-order chi connectivity index (χ0) is 30.3. The first-order chi connectivity index (χ1) is 20.6. The molecule has 1 aliphatic carbocycles. The molecular weight excluding hydrogens is 559 g/mol. The number of hydrogen-bond donors (Lipinski definition) is 2. The Labute approximate surface area is 245 Å². The van der Waals surface area contributed by atoms with Crippen LogP contribution in [0.3, 0.4) is 0 Å². The summed E-state index contributed by atoms with van der Waals surface area (Å²) in [7, 11) is 0. The van der Waals surface area contributed by atoms with E-state index in [1.807, 2.05) is 6.07 Å². The lowest BCUT2D eigenvalue weighted by atomic mass is 9.94. The number of carbonyl (C=O) groups is 2. The Morgan fingerprint density at radius 3 is 2.58 bits per heavy atom. The summed E-state index contributed by atoms with van der Waals surface area (Å²) in [5, 5.41) is 2.52. The third-order valence-electron chi connectivity index (χ3n) is 7.84. The highest BCUT2D eigenvalue weighted by molar-refractivity contribution is 6.05. The molecule has 1 atom stereocenters. The molecule has 0 spiro atoms. The van der Waals surface area contributed by atoms with Crippen molar-refractivity contribution < 1.29 is 22.8 Å². The van der Waals surface area contributed by atoms with Gasteiger partial charge in [-0.15, -0.1) is 0 Å². The van der Waals surface area contributed by atoms with Crippen LogP contribution in [0.5, 0.6) is 0 Å². The molecule has 12 heteroatoms. The van der Waals surface area contributed by atoms with Gasteiger partial charge in [-0.3, -0.25) is 14.0 Å². The van der Waals surface area contributed by atoms with E-state index in [0.29, 0.717) is 30.2 Å². The predicted octanol–water partition coefficient (Wildman–Crippen LogP) is 5.25. The molecule has 1 unspecified atom stereocenters. The van der Waals surface area contributed by atoms with Crippen LogP contribution in [0, 0.1) is 11.8 Å². The van der Waals surface area contributed by atoms with E-state index in [2.05, 4.69) is 27.1 Å². The third-order valence-corrected chi connectivity index (χ3v) is 7.84. The minimum atomic E-state index is -4.84. The normalized spacial score (nSPS) is 16.9. The number of imidazole rings is 1. The third kappa shape index (κ3) is 5.62. The number of rotatable bonds is 5. The van der Waals surface area contributed by atoms with E-state index in [-0.39, 0.29) is 35.0 Å². The summed E-state index contributed by atoms with van der Waals surface area (Å²) in [6.45, 7) is 2.52. The van der Waals surface area contributed by atoms with Gasteiger partial charge in [-0.1, -0.05) is 12.0 Å². The number of piperidine rings is 1. The van der Waals surface area contributed by atoms with Gasteiger partial charge in [0.15, 0.2) is 0 Å². The number of fused-ring (bicyclic) bond motifs is 1. The highest BCUT2D eigenvalue weighted by Gasteiger charge is 2.37. The van der Waals surface area contributed by atoms with Crippen LogP contribution in [0.25, 0.3) is 16.9 Å². The van der Waals surface area contributed by atoms with Gasteiger partial charge < -0.3 is 16.0 Å². The minimum Gasteiger partial charge on any atom is -0.369 e. The number of nitrogen functional groups attached to an aromatic ring is 1. The number of alkyl halides is 3. The molecule has 9 nitrogen and oxygen atoms in total. The lowest BCUT2D eigenvalue weighted by Crippen LogP contribution is -2.38. The molecular formula is C31H28F3N7O2. The van der Waals surface area contributed by atoms with E-state index in [1.165, 1.54) is 22.9 Å². The molecule has 1 saturated heterocycles. The minimum absolute atomic E-state index is 0.0452. The summed E-state index contributed by atoms with van der Waals surface area (Å²) in [6, 6.07) is 8.69. The number of nitrogens with one attached hydrogen (secondary N) is 1. The first kappa shape index (κ1) is 28.2. The second-order valence-electron chi connectivity index (χ2n) is 10.8. The molecule has 4 heterocycles. The van der Waals surface area contributed by atoms with Gasteiger partial charge in [0.25, 0.3) is 11.8 Å². The SMILES string of the molecule is CC#CC(=O)N1CCCC(c2nc(-c3ccc(C(=O)Nc4cc(C5CC5)ccn4)c(C(F)(F)F)c3)n3c(N)nccc23)C1. The molecule has 4 aromatic rings. The standard InChI is InChI=1S/C31H28F3N7O2/c1-2-4-26(42)40-14-3-5-21(17-40)27-24-11-13-37-30(35)41(24)28(39-27)20-8-9-22(23(15-20)31(32,33)34)29(43)38-25-16-19(10-12-36-25)18-6-7-18/h8-13,15-16,18,21H,3,5-7,14,17H2,1H3,(H2,35,37)(H,36,38,43). The van der Waals surface area contributed by atoms with Gasteiger partial charge in [0.1, 0.15) is 11.6 Å². The molecule has 1 aromatic carbocycles. The fourth-order valence-corrected chi connectivity index (χ4v) is 5.63. The molecule has 0 bridgehead atoms. The van der Waals surface area contributed by atoms with E-state index in [1.54, 1.807) is 24.0 Å². The van der Waals surface area contributed by atoms with E-state index in [0.717, 1.165) is 43.4 Å². The summed E-state index contributed by atoms with van der Waals surface area (Å²) in [4.78, 5) is 40.2. The Morgan fingerprint density at radius 1 is 1.05 bits per heavy atom. The van der Waals surface area contributed by atoms with Crippen LogP contribution < -0.4 is 11.1 Å². The number of nitrogens with zero attached hydrogens (tertiary/aromatic N) is 5. The molecule has 6 rings (SSSR count). The first-order valence-electron chi connectivity index (χ1n) is 14.0. The van der Waals surface area contributed by atoms with Crippen molar-refractivity contribution in [2.24, 2.45) is 0 Å². The fraction of sp³-hybridized carbons (Fsp3) is 0.323. The molecule has 2 aliphatic rings. The van der Waals surface area contributed by atoms with Crippen LogP contribution in [0.2, 0.25) is 0 Å². The zero-order valence-electron chi connectivity index (χ0n) is 23.3. The van der Waals surface area contributed by atoms with Crippen molar-refractivity contribution >= 4 is 29.1 Å². The van der Waals surface area contributed by atoms with Crippen molar-refractivity contribution in [2.75, 3.05) is 24.1 Å².